The highest BCUT2D eigenvalue weighted by Gasteiger charge is 2.36. The maximum Gasteiger partial charge on any atom is 0.335 e. The molecule has 2 heterocycles. The number of barbiturate groups is 1. The van der Waals surface area contributed by atoms with Crippen LogP contribution in [-0.2, 0) is 9.59 Å². The van der Waals surface area contributed by atoms with E-state index in [1.165, 1.54) is 18.2 Å². The van der Waals surface area contributed by atoms with Crippen LogP contribution in [-0.4, -0.2) is 29.5 Å². The number of ether oxygens (including phenoxy) is 1. The van der Waals surface area contributed by atoms with Gasteiger partial charge in [-0.15, -0.1) is 0 Å². The molecule has 0 unspecified atom stereocenters. The van der Waals surface area contributed by atoms with Crippen molar-refractivity contribution in [2.75, 3.05) is 12.0 Å². The van der Waals surface area contributed by atoms with E-state index in [2.05, 4.69) is 5.32 Å². The van der Waals surface area contributed by atoms with Crippen LogP contribution in [0.2, 0.25) is 5.02 Å². The Balaban J connectivity index is 1.68. The lowest BCUT2D eigenvalue weighted by Crippen LogP contribution is -2.54. The average Bonchev–Trinajstić information content (AvgIpc) is 3.12. The highest BCUT2D eigenvalue weighted by Crippen LogP contribution is 2.25. The number of nitrogens with zero attached hydrogens (tertiary/aromatic N) is 2. The first-order valence-corrected chi connectivity index (χ1v) is 9.75. The van der Waals surface area contributed by atoms with Gasteiger partial charge < -0.3 is 9.30 Å². The fourth-order valence-electron chi connectivity index (χ4n) is 3.35. The average molecular weight is 436 g/mol. The first-order chi connectivity index (χ1) is 14.9. The maximum absolute atomic E-state index is 13.0. The van der Waals surface area contributed by atoms with Gasteiger partial charge in [0.1, 0.15) is 11.3 Å². The number of aryl methyl sites for hydroxylation is 1. The number of carbonyl (C=O) groups is 3. The summed E-state index contributed by atoms with van der Waals surface area (Å²) < 4.78 is 7.12. The Morgan fingerprint density at radius 2 is 1.61 bits per heavy atom. The zero-order valence-corrected chi connectivity index (χ0v) is 17.5. The van der Waals surface area contributed by atoms with Gasteiger partial charge in [-0.25, -0.2) is 9.69 Å². The molecule has 4 rings (SSSR count). The van der Waals surface area contributed by atoms with Crippen LogP contribution in [0.15, 0.2) is 66.4 Å². The second-order valence-electron chi connectivity index (χ2n) is 6.92. The van der Waals surface area contributed by atoms with Crippen molar-refractivity contribution in [3.8, 4) is 11.4 Å². The van der Waals surface area contributed by atoms with E-state index >= 15 is 0 Å². The Morgan fingerprint density at radius 3 is 2.26 bits per heavy atom. The number of halogens is 1. The van der Waals surface area contributed by atoms with Crippen LogP contribution in [0.3, 0.4) is 0 Å². The van der Waals surface area contributed by atoms with Crippen molar-refractivity contribution in [1.29, 1.82) is 0 Å². The van der Waals surface area contributed by atoms with Crippen LogP contribution in [0.5, 0.6) is 5.75 Å². The molecule has 7 nitrogen and oxygen atoms in total. The largest absolute Gasteiger partial charge is 0.497 e. The number of urea groups is 1. The molecule has 0 atom stereocenters. The maximum atomic E-state index is 13.0. The van der Waals surface area contributed by atoms with Gasteiger partial charge in [-0.3, -0.25) is 14.9 Å². The summed E-state index contributed by atoms with van der Waals surface area (Å²) in [5, 5.41) is 2.68. The van der Waals surface area contributed by atoms with E-state index in [4.69, 9.17) is 16.3 Å². The molecule has 2 aromatic carbocycles. The molecule has 0 bridgehead atoms. The third kappa shape index (κ3) is 3.95. The molecule has 8 heteroatoms. The number of amides is 4. The van der Waals surface area contributed by atoms with Gasteiger partial charge in [0.25, 0.3) is 11.8 Å². The van der Waals surface area contributed by atoms with Crippen molar-refractivity contribution in [1.82, 2.24) is 9.88 Å². The molecule has 0 aliphatic carbocycles. The number of hydrogen-bond donors (Lipinski definition) is 1. The minimum atomic E-state index is -0.804. The first-order valence-electron chi connectivity index (χ1n) is 9.38. The van der Waals surface area contributed by atoms with E-state index in [1.54, 1.807) is 19.2 Å². The van der Waals surface area contributed by atoms with Gasteiger partial charge >= 0.3 is 6.03 Å². The second-order valence-corrected chi connectivity index (χ2v) is 7.35. The summed E-state index contributed by atoms with van der Waals surface area (Å²) in [6.45, 7) is 1.92. The number of rotatable bonds is 4. The lowest BCUT2D eigenvalue weighted by molar-refractivity contribution is -0.122. The van der Waals surface area contributed by atoms with E-state index < -0.39 is 17.8 Å². The van der Waals surface area contributed by atoms with Crippen molar-refractivity contribution in [3.05, 3.63) is 82.6 Å². The zero-order chi connectivity index (χ0) is 22.1. The van der Waals surface area contributed by atoms with E-state index in [0.29, 0.717) is 16.3 Å². The molecule has 1 saturated heterocycles. The molecule has 3 aromatic rings. The van der Waals surface area contributed by atoms with Gasteiger partial charge in [0.15, 0.2) is 0 Å². The monoisotopic (exact) mass is 435 g/mol. The molecular weight excluding hydrogens is 418 g/mol. The summed E-state index contributed by atoms with van der Waals surface area (Å²) in [5.41, 5.74) is 2.64. The van der Waals surface area contributed by atoms with Crippen molar-refractivity contribution < 1.29 is 19.1 Å². The molecule has 4 amide bonds. The van der Waals surface area contributed by atoms with Crippen LogP contribution in [0.1, 0.15) is 11.3 Å². The predicted octanol–water partition coefficient (Wildman–Crippen LogP) is 4.11. The normalized spacial score (nSPS) is 15.4. The van der Waals surface area contributed by atoms with E-state index in [-0.39, 0.29) is 5.57 Å². The highest BCUT2D eigenvalue weighted by atomic mass is 35.5. The van der Waals surface area contributed by atoms with Crippen molar-refractivity contribution >= 4 is 41.2 Å². The lowest BCUT2D eigenvalue weighted by atomic mass is 10.1. The minimum absolute atomic E-state index is 0.138. The molecule has 1 aliphatic rings. The Bertz CT molecular complexity index is 1210. The summed E-state index contributed by atoms with van der Waals surface area (Å²) in [5.74, 6) is -0.701. The molecule has 156 valence electrons. The Kier molecular flexibility index (Phi) is 5.35. The van der Waals surface area contributed by atoms with Gasteiger partial charge in [-0.05, 0) is 73.2 Å². The third-order valence-corrected chi connectivity index (χ3v) is 5.13. The van der Waals surface area contributed by atoms with Gasteiger partial charge in [-0.2, -0.15) is 0 Å². The molecule has 1 aliphatic heterocycles. The van der Waals surface area contributed by atoms with Crippen molar-refractivity contribution in [2.45, 2.75) is 6.92 Å². The number of methoxy groups -OCH3 is 1. The van der Waals surface area contributed by atoms with E-state index in [1.807, 2.05) is 48.0 Å². The fraction of sp³-hybridized carbons (Fsp3) is 0.0870. The molecule has 0 spiro atoms. The van der Waals surface area contributed by atoms with Crippen LogP contribution in [0.4, 0.5) is 10.5 Å². The van der Waals surface area contributed by atoms with Crippen LogP contribution in [0, 0.1) is 6.92 Å². The van der Waals surface area contributed by atoms with Crippen molar-refractivity contribution in [2.24, 2.45) is 0 Å². The summed E-state index contributed by atoms with van der Waals surface area (Å²) in [6, 6.07) is 14.8. The Labute approximate surface area is 183 Å². The Morgan fingerprint density at radius 1 is 0.968 bits per heavy atom. The van der Waals surface area contributed by atoms with Crippen molar-refractivity contribution in [3.63, 3.8) is 0 Å². The number of benzene rings is 2. The summed E-state index contributed by atoms with van der Waals surface area (Å²) >= 11 is 5.89. The number of anilines is 1. The molecule has 1 fully saturated rings. The molecule has 1 N–H and O–H groups in total. The SMILES string of the molecule is COc1ccc(-n2cc(/C=C3/C(=O)NC(=O)N(c4ccc(Cl)cc4)C3=O)cc2C)cc1. The number of aromatic nitrogens is 1. The Hall–Kier alpha value is -3.84. The lowest BCUT2D eigenvalue weighted by Gasteiger charge is -2.26. The molecule has 0 saturated carbocycles. The van der Waals surface area contributed by atoms with Gasteiger partial charge in [0.2, 0.25) is 0 Å². The molecule has 1 aromatic heterocycles. The van der Waals surface area contributed by atoms with Gasteiger partial charge in [-0.1, -0.05) is 11.6 Å². The number of carbonyl (C=O) groups excluding carboxylic acids is 3. The van der Waals surface area contributed by atoms with Gasteiger partial charge in [0.05, 0.1) is 12.8 Å². The number of nitrogens with one attached hydrogen (secondary N) is 1. The summed E-state index contributed by atoms with van der Waals surface area (Å²) in [7, 11) is 1.60. The standard InChI is InChI=1S/C23H18ClN3O4/c1-14-11-15(13-26(14)17-7-9-19(31-2)10-8-17)12-20-21(28)25-23(30)27(22(20)29)18-5-3-16(24)4-6-18/h3-13H,1-2H3,(H,25,28,30)/b20-12-. The second kappa shape index (κ2) is 8.12. The fourth-order valence-corrected chi connectivity index (χ4v) is 3.47. The summed E-state index contributed by atoms with van der Waals surface area (Å²) in [6.07, 6.45) is 3.29. The number of imide groups is 2. The van der Waals surface area contributed by atoms with E-state index in [9.17, 15) is 14.4 Å². The zero-order valence-electron chi connectivity index (χ0n) is 16.8. The topological polar surface area (TPSA) is 80.6 Å². The van der Waals surface area contributed by atoms with Crippen LogP contribution >= 0.6 is 11.6 Å². The minimum Gasteiger partial charge on any atom is -0.497 e. The quantitative estimate of drug-likeness (QED) is 0.494. The summed E-state index contributed by atoms with van der Waals surface area (Å²) in [4.78, 5) is 38.6. The molecule has 31 heavy (non-hydrogen) atoms. The van der Waals surface area contributed by atoms with E-state index in [0.717, 1.165) is 22.0 Å². The first kappa shape index (κ1) is 20.4. The third-order valence-electron chi connectivity index (χ3n) is 4.88. The smallest absolute Gasteiger partial charge is 0.335 e. The van der Waals surface area contributed by atoms with Crippen LogP contribution in [0.25, 0.3) is 11.8 Å². The molecule has 0 radical (unpaired) electrons. The predicted molar refractivity (Wildman–Crippen MR) is 118 cm³/mol. The highest BCUT2D eigenvalue weighted by molar-refractivity contribution is 6.39. The molecular formula is C23H18ClN3O4. The number of hydrogen-bond acceptors (Lipinski definition) is 4. The van der Waals surface area contributed by atoms with Gasteiger partial charge in [0, 0.05) is 22.6 Å². The van der Waals surface area contributed by atoms with Crippen LogP contribution < -0.4 is 15.0 Å².